The maximum Gasteiger partial charge on any atom is 0.286 e. The SMILES string of the molecule is CC(C)(C)N(Cc1ccc(C(=O)NCCC(c2ccccc2)c2ccccc2)o1)Cc1ccccc1F. The van der Waals surface area contributed by atoms with Crippen LogP contribution in [0.15, 0.2) is 101 Å². The van der Waals surface area contributed by atoms with Gasteiger partial charge in [0.05, 0.1) is 6.54 Å². The van der Waals surface area contributed by atoms with Gasteiger partial charge >= 0.3 is 0 Å². The van der Waals surface area contributed by atoms with Crippen LogP contribution < -0.4 is 5.32 Å². The van der Waals surface area contributed by atoms with Gasteiger partial charge in [0.1, 0.15) is 11.6 Å². The Morgan fingerprint density at radius 1 is 0.838 bits per heavy atom. The number of furan rings is 1. The zero-order chi connectivity index (χ0) is 26.3. The topological polar surface area (TPSA) is 45.5 Å². The van der Waals surface area contributed by atoms with Gasteiger partial charge in [-0.25, -0.2) is 4.39 Å². The molecule has 1 amide bonds. The van der Waals surface area contributed by atoms with Crippen molar-refractivity contribution in [2.45, 2.75) is 51.7 Å². The van der Waals surface area contributed by atoms with Crippen LogP contribution in [0.3, 0.4) is 0 Å². The van der Waals surface area contributed by atoms with Crippen LogP contribution in [-0.2, 0) is 13.1 Å². The number of rotatable bonds is 10. The molecule has 3 aromatic carbocycles. The maximum absolute atomic E-state index is 14.3. The number of nitrogens with zero attached hydrogens (tertiary/aromatic N) is 1. The first-order valence-electron chi connectivity index (χ1n) is 12.8. The van der Waals surface area contributed by atoms with Crippen LogP contribution in [0.5, 0.6) is 0 Å². The molecule has 0 radical (unpaired) electrons. The predicted molar refractivity (Wildman–Crippen MR) is 146 cm³/mol. The lowest BCUT2D eigenvalue weighted by Gasteiger charge is -2.35. The summed E-state index contributed by atoms with van der Waals surface area (Å²) in [6.45, 7) is 7.68. The van der Waals surface area contributed by atoms with E-state index in [1.807, 2.05) is 48.5 Å². The highest BCUT2D eigenvalue weighted by Gasteiger charge is 2.24. The average molecular weight is 499 g/mol. The van der Waals surface area contributed by atoms with Crippen LogP contribution in [0.1, 0.15) is 66.1 Å². The molecule has 0 atom stereocenters. The van der Waals surface area contributed by atoms with Crippen molar-refractivity contribution in [2.24, 2.45) is 0 Å². The zero-order valence-electron chi connectivity index (χ0n) is 21.8. The van der Waals surface area contributed by atoms with Crippen molar-refractivity contribution >= 4 is 5.91 Å². The number of nitrogens with one attached hydrogen (secondary N) is 1. The predicted octanol–water partition coefficient (Wildman–Crippen LogP) is 7.17. The molecule has 0 saturated carbocycles. The van der Waals surface area contributed by atoms with E-state index in [9.17, 15) is 9.18 Å². The van der Waals surface area contributed by atoms with Crippen LogP contribution in [-0.4, -0.2) is 22.9 Å². The van der Waals surface area contributed by atoms with E-state index >= 15 is 0 Å². The lowest BCUT2D eigenvalue weighted by atomic mass is 9.88. The molecular weight excluding hydrogens is 463 g/mol. The fraction of sp³-hybridized carbons (Fsp3) is 0.281. The first-order valence-corrected chi connectivity index (χ1v) is 12.8. The molecule has 0 saturated heterocycles. The second-order valence-corrected chi connectivity index (χ2v) is 10.3. The number of benzene rings is 3. The first-order chi connectivity index (χ1) is 17.8. The molecule has 0 fully saturated rings. The summed E-state index contributed by atoms with van der Waals surface area (Å²) in [5.74, 6) is 0.685. The third-order valence-electron chi connectivity index (χ3n) is 6.62. The Bertz CT molecular complexity index is 1240. The minimum Gasteiger partial charge on any atom is -0.455 e. The van der Waals surface area contributed by atoms with E-state index in [2.05, 4.69) is 55.3 Å². The summed E-state index contributed by atoms with van der Waals surface area (Å²) in [4.78, 5) is 15.0. The molecule has 1 heterocycles. The monoisotopic (exact) mass is 498 g/mol. The Kier molecular flexibility index (Phi) is 8.57. The van der Waals surface area contributed by atoms with Crippen LogP contribution >= 0.6 is 0 Å². The van der Waals surface area contributed by atoms with Crippen molar-refractivity contribution in [2.75, 3.05) is 6.54 Å². The molecule has 0 bridgehead atoms. The Labute approximate surface area is 219 Å². The Morgan fingerprint density at radius 3 is 2.03 bits per heavy atom. The van der Waals surface area contributed by atoms with E-state index in [4.69, 9.17) is 4.42 Å². The Balaban J connectivity index is 1.38. The van der Waals surface area contributed by atoms with E-state index in [0.717, 1.165) is 6.42 Å². The van der Waals surface area contributed by atoms with Crippen LogP contribution in [0, 0.1) is 5.82 Å². The number of amides is 1. The molecular formula is C32H35FN2O2. The van der Waals surface area contributed by atoms with Crippen molar-refractivity contribution in [3.8, 4) is 0 Å². The van der Waals surface area contributed by atoms with Gasteiger partial charge in [0, 0.05) is 30.1 Å². The van der Waals surface area contributed by atoms with Crippen LogP contribution in [0.2, 0.25) is 0 Å². The van der Waals surface area contributed by atoms with Gasteiger partial charge in [0.2, 0.25) is 0 Å². The van der Waals surface area contributed by atoms with Crippen molar-refractivity contribution < 1.29 is 13.6 Å². The Hall–Kier alpha value is -3.70. The van der Waals surface area contributed by atoms with Gasteiger partial charge in [-0.05, 0) is 56.5 Å². The standard InChI is InChI=1S/C32H35FN2O2/c1-32(2,3)35(22-26-16-10-11-17-29(26)33)23-27-18-19-30(37-27)31(36)34-21-20-28(24-12-6-4-7-13-24)25-14-8-5-9-15-25/h4-19,28H,20-23H2,1-3H3,(H,34,36). The fourth-order valence-electron chi connectivity index (χ4n) is 4.45. The highest BCUT2D eigenvalue weighted by Crippen LogP contribution is 2.27. The average Bonchev–Trinajstić information content (AvgIpc) is 3.37. The summed E-state index contributed by atoms with van der Waals surface area (Å²) in [5, 5.41) is 3.02. The van der Waals surface area contributed by atoms with Gasteiger partial charge in [-0.1, -0.05) is 78.9 Å². The second-order valence-electron chi connectivity index (χ2n) is 10.3. The minimum atomic E-state index is -0.234. The lowest BCUT2D eigenvalue weighted by Crippen LogP contribution is -2.40. The van der Waals surface area contributed by atoms with Crippen molar-refractivity contribution in [3.05, 3.63) is 131 Å². The van der Waals surface area contributed by atoms with Gasteiger partial charge in [-0.3, -0.25) is 9.69 Å². The third-order valence-corrected chi connectivity index (χ3v) is 6.62. The molecule has 0 aliphatic heterocycles. The van der Waals surface area contributed by atoms with Crippen LogP contribution in [0.25, 0.3) is 0 Å². The van der Waals surface area contributed by atoms with Crippen molar-refractivity contribution in [1.82, 2.24) is 10.2 Å². The number of carbonyl (C=O) groups is 1. The molecule has 1 N–H and O–H groups in total. The molecule has 0 aliphatic rings. The normalized spacial score (nSPS) is 11.7. The van der Waals surface area contributed by atoms with E-state index < -0.39 is 0 Å². The highest BCUT2D eigenvalue weighted by atomic mass is 19.1. The van der Waals surface area contributed by atoms with Gasteiger partial charge in [0.15, 0.2) is 5.76 Å². The summed E-state index contributed by atoms with van der Waals surface area (Å²) < 4.78 is 20.2. The summed E-state index contributed by atoms with van der Waals surface area (Å²) >= 11 is 0. The molecule has 4 nitrogen and oxygen atoms in total. The van der Waals surface area contributed by atoms with Crippen LogP contribution in [0.4, 0.5) is 4.39 Å². The van der Waals surface area contributed by atoms with E-state index in [1.165, 1.54) is 17.2 Å². The largest absolute Gasteiger partial charge is 0.455 e. The van der Waals surface area contributed by atoms with Crippen molar-refractivity contribution in [3.63, 3.8) is 0 Å². The first kappa shape index (κ1) is 26.4. The van der Waals surface area contributed by atoms with Gasteiger partial charge in [-0.2, -0.15) is 0 Å². The zero-order valence-corrected chi connectivity index (χ0v) is 21.8. The summed E-state index contributed by atoms with van der Waals surface area (Å²) in [6, 6.07) is 31.0. The van der Waals surface area contributed by atoms with E-state index in [0.29, 0.717) is 31.0 Å². The smallest absolute Gasteiger partial charge is 0.286 e. The molecule has 5 heteroatoms. The second kappa shape index (κ2) is 12.0. The summed E-state index contributed by atoms with van der Waals surface area (Å²) in [5.41, 5.74) is 2.86. The number of carbonyl (C=O) groups excluding carboxylic acids is 1. The van der Waals surface area contributed by atoms with E-state index in [-0.39, 0.29) is 28.9 Å². The molecule has 4 rings (SSSR count). The molecule has 0 spiro atoms. The third kappa shape index (κ3) is 7.17. The van der Waals surface area contributed by atoms with Crippen molar-refractivity contribution in [1.29, 1.82) is 0 Å². The molecule has 37 heavy (non-hydrogen) atoms. The van der Waals surface area contributed by atoms with Gasteiger partial charge < -0.3 is 9.73 Å². The lowest BCUT2D eigenvalue weighted by molar-refractivity contribution is 0.0904. The highest BCUT2D eigenvalue weighted by molar-refractivity contribution is 5.91. The molecule has 0 aliphatic carbocycles. The molecule has 0 unspecified atom stereocenters. The Morgan fingerprint density at radius 2 is 1.43 bits per heavy atom. The minimum absolute atomic E-state index is 0.189. The summed E-state index contributed by atoms with van der Waals surface area (Å²) in [7, 11) is 0. The number of hydrogen-bond acceptors (Lipinski definition) is 3. The molecule has 4 aromatic rings. The number of halogens is 1. The van der Waals surface area contributed by atoms with Gasteiger partial charge in [-0.15, -0.1) is 0 Å². The fourth-order valence-corrected chi connectivity index (χ4v) is 4.45. The molecule has 192 valence electrons. The quantitative estimate of drug-likeness (QED) is 0.252. The molecule has 1 aromatic heterocycles. The van der Waals surface area contributed by atoms with E-state index in [1.54, 1.807) is 18.2 Å². The summed E-state index contributed by atoms with van der Waals surface area (Å²) in [6.07, 6.45) is 0.772. The number of hydrogen-bond donors (Lipinski definition) is 1. The maximum atomic E-state index is 14.3. The van der Waals surface area contributed by atoms with Gasteiger partial charge in [0.25, 0.3) is 5.91 Å².